The summed E-state index contributed by atoms with van der Waals surface area (Å²) in [6, 6.07) is 0. The Bertz CT molecular complexity index is 299. The van der Waals surface area contributed by atoms with E-state index in [0.29, 0.717) is 12.0 Å². The molecule has 1 unspecified atom stereocenters. The summed E-state index contributed by atoms with van der Waals surface area (Å²) in [5, 5.41) is 10.9. The predicted molar refractivity (Wildman–Crippen MR) is 72.0 cm³/mol. The second-order valence-electron chi connectivity index (χ2n) is 5.15. The zero-order chi connectivity index (χ0) is 12.9. The highest BCUT2D eigenvalue weighted by Gasteiger charge is 2.29. The van der Waals surface area contributed by atoms with Gasteiger partial charge in [-0.3, -0.25) is 14.5 Å². The van der Waals surface area contributed by atoms with Crippen LogP contribution in [-0.4, -0.2) is 48.1 Å². The summed E-state index contributed by atoms with van der Waals surface area (Å²) in [6.07, 6.45) is 3.42. The smallest absolute Gasteiger partial charge is 0.322 e. The maximum absolute atomic E-state index is 11.5. The summed E-state index contributed by atoms with van der Waals surface area (Å²) in [6.45, 7) is 6.28. The van der Waals surface area contributed by atoms with Crippen molar-refractivity contribution in [3.63, 3.8) is 0 Å². The van der Waals surface area contributed by atoms with Gasteiger partial charge in [-0.15, -0.1) is 12.4 Å². The molecule has 0 saturated carbocycles. The average Bonchev–Trinajstić information content (AvgIpc) is 2.26. The van der Waals surface area contributed by atoms with Crippen LogP contribution in [0.1, 0.15) is 33.1 Å². The Kier molecular flexibility index (Phi) is 7.25. The van der Waals surface area contributed by atoms with Crippen LogP contribution in [0.15, 0.2) is 0 Å². The van der Waals surface area contributed by atoms with Crippen LogP contribution in [0.25, 0.3) is 0 Å². The molecule has 0 aromatic carbocycles. The van der Waals surface area contributed by atoms with Gasteiger partial charge in [-0.1, -0.05) is 13.8 Å². The number of halogens is 1. The van der Waals surface area contributed by atoms with E-state index in [-0.39, 0.29) is 24.9 Å². The lowest BCUT2D eigenvalue weighted by molar-refractivity contribution is -0.138. The van der Waals surface area contributed by atoms with Gasteiger partial charge in [-0.05, 0) is 31.2 Å². The minimum absolute atomic E-state index is 0. The van der Waals surface area contributed by atoms with E-state index in [1.807, 2.05) is 0 Å². The zero-order valence-corrected chi connectivity index (χ0v) is 11.9. The molecule has 1 amide bonds. The molecule has 1 fully saturated rings. The zero-order valence-electron chi connectivity index (χ0n) is 11.1. The van der Waals surface area contributed by atoms with Crippen molar-refractivity contribution in [3.05, 3.63) is 0 Å². The van der Waals surface area contributed by atoms with E-state index in [4.69, 9.17) is 5.11 Å². The number of carbonyl (C=O) groups excluding carboxylic acids is 1. The van der Waals surface area contributed by atoms with Gasteiger partial charge in [-0.25, -0.2) is 0 Å². The second-order valence-corrected chi connectivity index (χ2v) is 5.15. The first-order chi connectivity index (χ1) is 7.95. The van der Waals surface area contributed by atoms with E-state index in [0.717, 1.165) is 25.9 Å². The SMILES string of the molecule is CCC1(C)CCCN(CC(=O)NCC(=O)O)C1.Cl. The van der Waals surface area contributed by atoms with E-state index in [1.165, 1.54) is 6.42 Å². The van der Waals surface area contributed by atoms with Crippen molar-refractivity contribution in [3.8, 4) is 0 Å². The average molecular weight is 279 g/mol. The van der Waals surface area contributed by atoms with Gasteiger partial charge < -0.3 is 10.4 Å². The fourth-order valence-electron chi connectivity index (χ4n) is 2.28. The lowest BCUT2D eigenvalue weighted by Crippen LogP contribution is -2.46. The number of likely N-dealkylation sites (tertiary alicyclic amines) is 1. The molecule has 1 rings (SSSR count). The molecule has 1 saturated heterocycles. The van der Waals surface area contributed by atoms with E-state index < -0.39 is 5.97 Å². The number of aliphatic carboxylic acids is 1. The maximum Gasteiger partial charge on any atom is 0.322 e. The molecule has 0 radical (unpaired) electrons. The Labute approximate surface area is 114 Å². The molecule has 1 atom stereocenters. The van der Waals surface area contributed by atoms with E-state index in [1.54, 1.807) is 0 Å². The lowest BCUT2D eigenvalue weighted by Gasteiger charge is -2.39. The van der Waals surface area contributed by atoms with Crippen LogP contribution in [0.3, 0.4) is 0 Å². The molecule has 2 N–H and O–H groups in total. The monoisotopic (exact) mass is 278 g/mol. The van der Waals surface area contributed by atoms with Crippen molar-refractivity contribution < 1.29 is 14.7 Å². The normalized spacial score (nSPS) is 24.1. The molecule has 0 aromatic heterocycles. The van der Waals surface area contributed by atoms with Crippen molar-refractivity contribution in [1.82, 2.24) is 10.2 Å². The first-order valence-electron chi connectivity index (χ1n) is 6.16. The Balaban J connectivity index is 0.00000289. The van der Waals surface area contributed by atoms with Crippen LogP contribution < -0.4 is 5.32 Å². The molecular formula is C12H23ClN2O3. The van der Waals surface area contributed by atoms with Crippen LogP contribution in [0.5, 0.6) is 0 Å². The molecule has 1 aliphatic rings. The number of nitrogens with zero attached hydrogens (tertiary/aromatic N) is 1. The summed E-state index contributed by atoms with van der Waals surface area (Å²) in [4.78, 5) is 23.9. The predicted octanol–water partition coefficient (Wildman–Crippen LogP) is 1.12. The largest absolute Gasteiger partial charge is 0.480 e. The highest BCUT2D eigenvalue weighted by atomic mass is 35.5. The molecule has 18 heavy (non-hydrogen) atoms. The molecule has 1 aliphatic heterocycles. The van der Waals surface area contributed by atoms with Gasteiger partial charge in [0.25, 0.3) is 0 Å². The first kappa shape index (κ1) is 17.2. The molecule has 1 heterocycles. The fourth-order valence-corrected chi connectivity index (χ4v) is 2.28. The number of amides is 1. The van der Waals surface area contributed by atoms with Crippen molar-refractivity contribution in [2.24, 2.45) is 5.41 Å². The van der Waals surface area contributed by atoms with E-state index in [2.05, 4.69) is 24.1 Å². The molecule has 0 aliphatic carbocycles. The number of rotatable bonds is 5. The number of piperidine rings is 1. The number of carbonyl (C=O) groups is 2. The van der Waals surface area contributed by atoms with E-state index >= 15 is 0 Å². The van der Waals surface area contributed by atoms with Gasteiger partial charge in [0, 0.05) is 6.54 Å². The summed E-state index contributed by atoms with van der Waals surface area (Å²) >= 11 is 0. The molecule has 0 aromatic rings. The van der Waals surface area contributed by atoms with Crippen LogP contribution in [0, 0.1) is 5.41 Å². The Hall–Kier alpha value is -0.810. The van der Waals surface area contributed by atoms with Crippen LogP contribution in [0.2, 0.25) is 0 Å². The first-order valence-corrected chi connectivity index (χ1v) is 6.16. The molecule has 5 nitrogen and oxygen atoms in total. The van der Waals surface area contributed by atoms with Gasteiger partial charge in [0.2, 0.25) is 5.91 Å². The minimum Gasteiger partial charge on any atom is -0.480 e. The van der Waals surface area contributed by atoms with Crippen molar-refractivity contribution in [1.29, 1.82) is 0 Å². The van der Waals surface area contributed by atoms with Crippen LogP contribution in [-0.2, 0) is 9.59 Å². The third-order valence-electron chi connectivity index (χ3n) is 3.52. The van der Waals surface area contributed by atoms with Crippen LogP contribution >= 0.6 is 12.4 Å². The van der Waals surface area contributed by atoms with Gasteiger partial charge in [-0.2, -0.15) is 0 Å². The van der Waals surface area contributed by atoms with Gasteiger partial charge in [0.15, 0.2) is 0 Å². The maximum atomic E-state index is 11.5. The topological polar surface area (TPSA) is 69.6 Å². The Morgan fingerprint density at radius 1 is 1.44 bits per heavy atom. The molecule has 6 heteroatoms. The number of hydrogen-bond acceptors (Lipinski definition) is 3. The standard InChI is InChI=1S/C12H22N2O3.ClH/c1-3-12(2)5-4-6-14(9-12)8-10(15)13-7-11(16)17;/h3-9H2,1-2H3,(H,13,15)(H,16,17);1H. The second kappa shape index (κ2) is 7.59. The molecule has 0 spiro atoms. The highest BCUT2D eigenvalue weighted by Crippen LogP contribution is 2.32. The summed E-state index contributed by atoms with van der Waals surface area (Å²) in [5.74, 6) is -1.21. The van der Waals surface area contributed by atoms with Gasteiger partial charge in [0.05, 0.1) is 6.54 Å². The third kappa shape index (κ3) is 5.69. The minimum atomic E-state index is -1.00. The van der Waals surface area contributed by atoms with Gasteiger partial charge >= 0.3 is 5.97 Å². The Morgan fingerprint density at radius 2 is 2.11 bits per heavy atom. The number of nitrogens with one attached hydrogen (secondary N) is 1. The summed E-state index contributed by atoms with van der Waals surface area (Å²) < 4.78 is 0. The molecule has 106 valence electrons. The van der Waals surface area contributed by atoms with Crippen LogP contribution in [0.4, 0.5) is 0 Å². The van der Waals surface area contributed by atoms with Crippen molar-refractivity contribution >= 4 is 24.3 Å². The summed E-state index contributed by atoms with van der Waals surface area (Å²) in [5.41, 5.74) is 0.297. The van der Waals surface area contributed by atoms with Crippen molar-refractivity contribution in [2.75, 3.05) is 26.2 Å². The third-order valence-corrected chi connectivity index (χ3v) is 3.52. The van der Waals surface area contributed by atoms with Crippen molar-refractivity contribution in [2.45, 2.75) is 33.1 Å². The molecule has 0 bridgehead atoms. The van der Waals surface area contributed by atoms with E-state index in [9.17, 15) is 9.59 Å². The number of carboxylic acids is 1. The van der Waals surface area contributed by atoms with Gasteiger partial charge in [0.1, 0.15) is 6.54 Å². The molecular weight excluding hydrogens is 256 g/mol. The fraction of sp³-hybridized carbons (Fsp3) is 0.833. The number of carboxylic acid groups (broad SMARTS) is 1. The summed E-state index contributed by atoms with van der Waals surface area (Å²) in [7, 11) is 0. The Morgan fingerprint density at radius 3 is 2.67 bits per heavy atom. The quantitative estimate of drug-likeness (QED) is 0.791. The lowest BCUT2D eigenvalue weighted by atomic mass is 9.80. The highest BCUT2D eigenvalue weighted by molar-refractivity contribution is 5.85. The number of hydrogen-bond donors (Lipinski definition) is 2.